The Morgan fingerprint density at radius 1 is 1.50 bits per heavy atom. The summed E-state index contributed by atoms with van der Waals surface area (Å²) in [7, 11) is 3.31. The van der Waals surface area contributed by atoms with E-state index in [4.69, 9.17) is 4.74 Å². The van der Waals surface area contributed by atoms with Crippen LogP contribution in [0.1, 0.15) is 19.8 Å². The third-order valence-corrected chi connectivity index (χ3v) is 2.93. The number of carbonyl (C=O) groups is 1. The molecule has 1 atom stereocenters. The minimum Gasteiger partial charge on any atom is -0.385 e. The standard InChI is InChI=1S/C14H20FNO2/c1-11(6-5-9-18-3)14(17)16(2)13-8-4-7-12(15)10-13/h4,7-8,10-11H,5-6,9H2,1-3H3/t11-/m1/s1. The lowest BCUT2D eigenvalue weighted by Gasteiger charge is -2.21. The molecular weight excluding hydrogens is 233 g/mol. The predicted octanol–water partition coefficient (Wildman–Crippen LogP) is 2.85. The maximum Gasteiger partial charge on any atom is 0.229 e. The molecule has 0 fully saturated rings. The fourth-order valence-electron chi connectivity index (χ4n) is 1.80. The highest BCUT2D eigenvalue weighted by Crippen LogP contribution is 2.18. The van der Waals surface area contributed by atoms with Crippen molar-refractivity contribution in [3.63, 3.8) is 0 Å². The highest BCUT2D eigenvalue weighted by Gasteiger charge is 2.18. The quantitative estimate of drug-likeness (QED) is 0.730. The van der Waals surface area contributed by atoms with Gasteiger partial charge in [-0.2, -0.15) is 0 Å². The number of hydrogen-bond donors (Lipinski definition) is 0. The molecule has 1 aromatic carbocycles. The van der Waals surface area contributed by atoms with Crippen molar-refractivity contribution in [3.05, 3.63) is 30.1 Å². The van der Waals surface area contributed by atoms with Gasteiger partial charge in [0.25, 0.3) is 0 Å². The van der Waals surface area contributed by atoms with Gasteiger partial charge in [0.05, 0.1) is 0 Å². The fourth-order valence-corrected chi connectivity index (χ4v) is 1.80. The summed E-state index contributed by atoms with van der Waals surface area (Å²) in [5.41, 5.74) is 0.582. The normalized spacial score (nSPS) is 12.2. The van der Waals surface area contributed by atoms with Crippen molar-refractivity contribution in [3.8, 4) is 0 Å². The first kappa shape index (κ1) is 14.6. The molecule has 1 amide bonds. The van der Waals surface area contributed by atoms with Gasteiger partial charge in [-0.15, -0.1) is 0 Å². The van der Waals surface area contributed by atoms with Crippen LogP contribution in [0.25, 0.3) is 0 Å². The van der Waals surface area contributed by atoms with Crippen LogP contribution in [0.2, 0.25) is 0 Å². The van der Waals surface area contributed by atoms with Gasteiger partial charge in [-0.1, -0.05) is 13.0 Å². The number of ether oxygens (including phenoxy) is 1. The van der Waals surface area contributed by atoms with Crippen LogP contribution in [0, 0.1) is 11.7 Å². The third kappa shape index (κ3) is 4.11. The Morgan fingerprint density at radius 2 is 2.22 bits per heavy atom. The van der Waals surface area contributed by atoms with Crippen molar-refractivity contribution in [1.82, 2.24) is 0 Å². The van der Waals surface area contributed by atoms with Crippen LogP contribution < -0.4 is 4.90 Å². The van der Waals surface area contributed by atoms with Crippen molar-refractivity contribution in [2.75, 3.05) is 25.7 Å². The number of halogens is 1. The number of rotatable bonds is 6. The summed E-state index contributed by atoms with van der Waals surface area (Å²) in [6.07, 6.45) is 1.62. The predicted molar refractivity (Wildman–Crippen MR) is 70.1 cm³/mol. The fraction of sp³-hybridized carbons (Fsp3) is 0.500. The number of amides is 1. The molecule has 0 spiro atoms. The molecule has 0 aliphatic carbocycles. The summed E-state index contributed by atoms with van der Waals surface area (Å²) in [5.74, 6) is -0.427. The van der Waals surface area contributed by atoms with Crippen LogP contribution in [0.3, 0.4) is 0 Å². The Bertz CT molecular complexity index is 395. The van der Waals surface area contributed by atoms with Crippen LogP contribution in [0.5, 0.6) is 0 Å². The zero-order valence-electron chi connectivity index (χ0n) is 11.1. The molecule has 0 aromatic heterocycles. The van der Waals surface area contributed by atoms with E-state index in [0.29, 0.717) is 12.3 Å². The van der Waals surface area contributed by atoms with Gasteiger partial charge in [-0.25, -0.2) is 4.39 Å². The van der Waals surface area contributed by atoms with E-state index in [2.05, 4.69) is 0 Å². The van der Waals surface area contributed by atoms with Crippen molar-refractivity contribution in [2.45, 2.75) is 19.8 Å². The Hall–Kier alpha value is -1.42. The minimum absolute atomic E-state index is 0.00305. The van der Waals surface area contributed by atoms with Crippen LogP contribution in [-0.4, -0.2) is 26.7 Å². The van der Waals surface area contributed by atoms with Gasteiger partial charge in [0.1, 0.15) is 5.82 Å². The Morgan fingerprint density at radius 3 is 2.83 bits per heavy atom. The first-order valence-corrected chi connectivity index (χ1v) is 6.08. The molecule has 0 heterocycles. The summed E-state index contributed by atoms with van der Waals surface area (Å²) in [6.45, 7) is 2.54. The zero-order chi connectivity index (χ0) is 13.5. The first-order valence-electron chi connectivity index (χ1n) is 6.08. The average Bonchev–Trinajstić information content (AvgIpc) is 2.37. The number of anilines is 1. The second-order valence-electron chi connectivity index (χ2n) is 4.41. The SMILES string of the molecule is COCCC[C@@H](C)C(=O)N(C)c1cccc(F)c1. The van der Waals surface area contributed by atoms with Gasteiger partial charge < -0.3 is 9.64 Å². The molecule has 0 unspecified atom stereocenters. The van der Waals surface area contributed by atoms with E-state index in [0.717, 1.165) is 12.8 Å². The van der Waals surface area contributed by atoms with Crippen molar-refractivity contribution < 1.29 is 13.9 Å². The lowest BCUT2D eigenvalue weighted by atomic mass is 10.0. The largest absolute Gasteiger partial charge is 0.385 e. The van der Waals surface area contributed by atoms with E-state index in [-0.39, 0.29) is 17.6 Å². The molecule has 0 saturated carbocycles. The number of methoxy groups -OCH3 is 1. The maximum absolute atomic E-state index is 13.1. The van der Waals surface area contributed by atoms with E-state index in [1.165, 1.54) is 17.0 Å². The molecule has 0 aliphatic rings. The second kappa shape index (κ2) is 7.11. The molecule has 1 aromatic rings. The van der Waals surface area contributed by atoms with Crippen molar-refractivity contribution in [1.29, 1.82) is 0 Å². The highest BCUT2D eigenvalue weighted by molar-refractivity contribution is 5.94. The molecule has 0 N–H and O–H groups in total. The first-order chi connectivity index (χ1) is 8.56. The van der Waals surface area contributed by atoms with E-state index in [9.17, 15) is 9.18 Å². The second-order valence-corrected chi connectivity index (χ2v) is 4.41. The van der Waals surface area contributed by atoms with Crippen molar-refractivity contribution in [2.24, 2.45) is 5.92 Å². The van der Waals surface area contributed by atoms with E-state index in [1.54, 1.807) is 26.3 Å². The van der Waals surface area contributed by atoms with Gasteiger partial charge in [-0.05, 0) is 31.0 Å². The number of benzene rings is 1. The monoisotopic (exact) mass is 253 g/mol. The smallest absolute Gasteiger partial charge is 0.229 e. The maximum atomic E-state index is 13.1. The van der Waals surface area contributed by atoms with Crippen molar-refractivity contribution >= 4 is 11.6 Å². The highest BCUT2D eigenvalue weighted by atomic mass is 19.1. The van der Waals surface area contributed by atoms with Crippen LogP contribution in [-0.2, 0) is 9.53 Å². The van der Waals surface area contributed by atoms with Crippen LogP contribution in [0.15, 0.2) is 24.3 Å². The molecular formula is C14H20FNO2. The molecule has 100 valence electrons. The van der Waals surface area contributed by atoms with Gasteiger partial charge in [-0.3, -0.25) is 4.79 Å². The summed E-state index contributed by atoms with van der Waals surface area (Å²) in [4.78, 5) is 13.6. The van der Waals surface area contributed by atoms with E-state index < -0.39 is 0 Å². The molecule has 18 heavy (non-hydrogen) atoms. The summed E-state index contributed by atoms with van der Waals surface area (Å²) < 4.78 is 18.0. The average molecular weight is 253 g/mol. The Labute approximate surface area is 108 Å². The van der Waals surface area contributed by atoms with Crippen LogP contribution >= 0.6 is 0 Å². The van der Waals surface area contributed by atoms with Gasteiger partial charge >= 0.3 is 0 Å². The van der Waals surface area contributed by atoms with E-state index >= 15 is 0 Å². The third-order valence-electron chi connectivity index (χ3n) is 2.93. The lowest BCUT2D eigenvalue weighted by Crippen LogP contribution is -2.31. The molecule has 0 saturated heterocycles. The van der Waals surface area contributed by atoms with E-state index in [1.807, 2.05) is 6.92 Å². The topological polar surface area (TPSA) is 29.5 Å². The summed E-state index contributed by atoms with van der Waals surface area (Å²) in [6, 6.07) is 6.05. The lowest BCUT2D eigenvalue weighted by molar-refractivity contribution is -0.121. The summed E-state index contributed by atoms with van der Waals surface area (Å²) in [5, 5.41) is 0. The number of carbonyl (C=O) groups excluding carboxylic acids is 1. The number of hydrogen-bond acceptors (Lipinski definition) is 2. The van der Waals surface area contributed by atoms with Gasteiger partial charge in [0.2, 0.25) is 5.91 Å². The molecule has 0 bridgehead atoms. The van der Waals surface area contributed by atoms with Gasteiger partial charge in [0, 0.05) is 32.4 Å². The zero-order valence-corrected chi connectivity index (χ0v) is 11.1. The Balaban J connectivity index is 2.60. The molecule has 4 heteroatoms. The molecule has 0 radical (unpaired) electrons. The van der Waals surface area contributed by atoms with Gasteiger partial charge in [0.15, 0.2) is 0 Å². The Kier molecular flexibility index (Phi) is 5.78. The minimum atomic E-state index is -0.334. The van der Waals surface area contributed by atoms with Crippen LogP contribution in [0.4, 0.5) is 10.1 Å². The molecule has 1 rings (SSSR count). The molecule has 0 aliphatic heterocycles. The number of nitrogens with zero attached hydrogens (tertiary/aromatic N) is 1. The summed E-state index contributed by atoms with van der Waals surface area (Å²) >= 11 is 0. The molecule has 3 nitrogen and oxygen atoms in total.